The molecule has 10 heteroatoms. The van der Waals surface area contributed by atoms with E-state index in [0.29, 0.717) is 25.7 Å². The third-order valence-corrected chi connectivity index (χ3v) is 11.5. The molecule has 0 bridgehead atoms. The Bertz CT molecular complexity index is 982. The van der Waals surface area contributed by atoms with Gasteiger partial charge in [0.15, 0.2) is 0 Å². The lowest BCUT2D eigenvalue weighted by Gasteiger charge is -2.65. The zero-order valence-electron chi connectivity index (χ0n) is 22.5. The average Bonchev–Trinajstić information content (AvgIpc) is 3.05. The van der Waals surface area contributed by atoms with Gasteiger partial charge in [-0.25, -0.2) is 4.18 Å². The second kappa shape index (κ2) is 9.80. The van der Waals surface area contributed by atoms with Crippen molar-refractivity contribution in [1.82, 2.24) is 0 Å². The van der Waals surface area contributed by atoms with E-state index in [1.807, 2.05) is 6.08 Å². The van der Waals surface area contributed by atoms with Crippen molar-refractivity contribution < 1.29 is 42.7 Å². The van der Waals surface area contributed by atoms with E-state index in [-0.39, 0.29) is 47.8 Å². The number of aliphatic hydroxyl groups is 5. The Hall–Kier alpha value is -0.590. The summed E-state index contributed by atoms with van der Waals surface area (Å²) in [6, 6.07) is 0. The van der Waals surface area contributed by atoms with Crippen LogP contribution >= 0.6 is 0 Å². The molecule has 0 aromatic carbocycles. The van der Waals surface area contributed by atoms with Gasteiger partial charge >= 0.3 is 10.4 Å². The fourth-order valence-electron chi connectivity index (χ4n) is 9.12. The third-order valence-electron chi connectivity index (χ3n) is 11.0. The average molecular weight is 547 g/mol. The summed E-state index contributed by atoms with van der Waals surface area (Å²) in [5, 5.41) is 54.9. The lowest BCUT2D eigenvalue weighted by Crippen LogP contribution is -2.69. The van der Waals surface area contributed by atoms with Crippen LogP contribution in [0.4, 0.5) is 0 Å². The number of fused-ring (bicyclic) bond motifs is 5. The lowest BCUT2D eigenvalue weighted by molar-refractivity contribution is -0.268. The molecule has 0 saturated heterocycles. The van der Waals surface area contributed by atoms with Crippen molar-refractivity contribution in [2.24, 2.45) is 40.4 Å². The molecule has 4 aliphatic carbocycles. The van der Waals surface area contributed by atoms with Gasteiger partial charge in [-0.1, -0.05) is 32.9 Å². The summed E-state index contributed by atoms with van der Waals surface area (Å²) in [6.45, 7) is 7.29. The number of allylic oxidation sites excluding steroid dienone is 1. The van der Waals surface area contributed by atoms with Crippen molar-refractivity contribution in [2.75, 3.05) is 6.61 Å². The molecular formula is C27H46O9S. The number of hydrogen-bond acceptors (Lipinski definition) is 8. The number of hydrogen-bond donors (Lipinski definition) is 6. The molecule has 0 aromatic heterocycles. The van der Waals surface area contributed by atoms with Crippen LogP contribution in [-0.2, 0) is 14.6 Å². The van der Waals surface area contributed by atoms with Crippen molar-refractivity contribution in [3.8, 4) is 0 Å². The van der Waals surface area contributed by atoms with Crippen LogP contribution in [0.25, 0.3) is 0 Å². The molecule has 4 saturated carbocycles. The van der Waals surface area contributed by atoms with Crippen LogP contribution in [0, 0.1) is 40.4 Å². The molecule has 0 amide bonds. The summed E-state index contributed by atoms with van der Waals surface area (Å²) in [5.74, 6) is 0.529. The summed E-state index contributed by atoms with van der Waals surface area (Å²) in [6.07, 6.45) is 6.22. The SMILES string of the molecule is C[C@H](/C=C/C[C@](C)(O)COS(=O)(=O)O)[C@H]1C[C@H](O)[C@H]2[C@@H]3C[C@@H](O)[C@@]4(O)C[C@@H](O)CC[C@]4(C)[C@H]3CC[C@@]21C. The van der Waals surface area contributed by atoms with Gasteiger partial charge in [0.05, 0.1) is 36.1 Å². The van der Waals surface area contributed by atoms with Crippen LogP contribution in [0.15, 0.2) is 12.2 Å². The Labute approximate surface area is 220 Å². The predicted octanol–water partition coefficient (Wildman–Crippen LogP) is 2.22. The van der Waals surface area contributed by atoms with Crippen molar-refractivity contribution >= 4 is 10.4 Å². The standard InChI is InChI=1S/C27H46O9S/c1-16(6-5-9-24(2,31)15-36-37(33,34)35)20-13-21(29)23-18-12-22(30)27(32)14-17(28)7-11-26(27,4)19(18)8-10-25(20,23)3/h5-6,16-23,28-32H,7-15H2,1-4H3,(H,33,34,35)/b6-5+/t16-,17+,18-,19+,20-,21+,22-,23-,24+,25-,26-,27+/m1/s1. The molecule has 214 valence electrons. The largest absolute Gasteiger partial charge is 0.397 e. The highest BCUT2D eigenvalue weighted by Gasteiger charge is 2.68. The quantitative estimate of drug-likeness (QED) is 0.207. The van der Waals surface area contributed by atoms with Crippen molar-refractivity contribution in [3.63, 3.8) is 0 Å². The van der Waals surface area contributed by atoms with E-state index >= 15 is 0 Å². The molecule has 6 N–H and O–H groups in total. The monoisotopic (exact) mass is 546 g/mol. The Balaban J connectivity index is 1.50. The second-order valence-electron chi connectivity index (χ2n) is 13.4. The molecule has 4 fully saturated rings. The second-order valence-corrected chi connectivity index (χ2v) is 14.5. The molecular weight excluding hydrogens is 500 g/mol. The molecule has 0 aromatic rings. The van der Waals surface area contributed by atoms with Gasteiger partial charge in [-0.2, -0.15) is 8.42 Å². The Morgan fingerprint density at radius 2 is 1.81 bits per heavy atom. The van der Waals surface area contributed by atoms with Crippen LogP contribution in [-0.4, -0.2) is 74.6 Å². The number of aliphatic hydroxyl groups excluding tert-OH is 3. The molecule has 0 aliphatic heterocycles. The van der Waals surface area contributed by atoms with E-state index in [9.17, 15) is 34.0 Å². The van der Waals surface area contributed by atoms with E-state index in [2.05, 4.69) is 25.0 Å². The minimum absolute atomic E-state index is 0.00115. The summed E-state index contributed by atoms with van der Waals surface area (Å²) in [5.41, 5.74) is -3.44. The minimum Gasteiger partial charge on any atom is -0.393 e. The van der Waals surface area contributed by atoms with E-state index in [4.69, 9.17) is 4.55 Å². The maximum atomic E-state index is 11.6. The molecule has 12 atom stereocenters. The third kappa shape index (κ3) is 5.17. The van der Waals surface area contributed by atoms with Crippen molar-refractivity contribution in [1.29, 1.82) is 0 Å². The zero-order chi connectivity index (χ0) is 27.6. The molecule has 37 heavy (non-hydrogen) atoms. The van der Waals surface area contributed by atoms with Gasteiger partial charge in [0, 0.05) is 11.8 Å². The normalized spacial score (nSPS) is 48.6. The highest BCUT2D eigenvalue weighted by atomic mass is 32.3. The molecule has 0 unspecified atom stereocenters. The molecule has 0 radical (unpaired) electrons. The first-order valence-corrected chi connectivity index (χ1v) is 15.1. The van der Waals surface area contributed by atoms with Crippen LogP contribution in [0.2, 0.25) is 0 Å². The van der Waals surface area contributed by atoms with Crippen molar-refractivity contribution in [3.05, 3.63) is 12.2 Å². The summed E-state index contributed by atoms with van der Waals surface area (Å²) in [7, 11) is -4.63. The molecule has 4 aliphatic rings. The lowest BCUT2D eigenvalue weighted by atomic mass is 9.42. The van der Waals surface area contributed by atoms with E-state index in [1.54, 1.807) is 6.08 Å². The molecule has 0 heterocycles. The summed E-state index contributed by atoms with van der Waals surface area (Å²) < 4.78 is 34.7. The van der Waals surface area contributed by atoms with Gasteiger partial charge in [-0.15, -0.1) is 0 Å². The molecule has 0 spiro atoms. The Morgan fingerprint density at radius 1 is 1.14 bits per heavy atom. The fourth-order valence-corrected chi connectivity index (χ4v) is 9.52. The first-order chi connectivity index (χ1) is 16.9. The maximum absolute atomic E-state index is 11.6. The highest BCUT2D eigenvalue weighted by Crippen LogP contribution is 2.69. The van der Waals surface area contributed by atoms with Crippen LogP contribution in [0.5, 0.6) is 0 Å². The van der Waals surface area contributed by atoms with Gasteiger partial charge in [0.25, 0.3) is 0 Å². The Morgan fingerprint density at radius 3 is 2.46 bits per heavy atom. The fraction of sp³-hybridized carbons (Fsp3) is 0.926. The van der Waals surface area contributed by atoms with E-state index < -0.39 is 51.9 Å². The van der Waals surface area contributed by atoms with Gasteiger partial charge < -0.3 is 25.5 Å². The van der Waals surface area contributed by atoms with Gasteiger partial charge in [-0.05, 0) is 86.9 Å². The number of rotatable bonds is 7. The first-order valence-electron chi connectivity index (χ1n) is 13.7. The predicted molar refractivity (Wildman–Crippen MR) is 137 cm³/mol. The van der Waals surface area contributed by atoms with Crippen molar-refractivity contribution in [2.45, 2.75) is 109 Å². The van der Waals surface area contributed by atoms with Gasteiger partial charge in [0.2, 0.25) is 0 Å². The zero-order valence-corrected chi connectivity index (χ0v) is 23.3. The van der Waals surface area contributed by atoms with Crippen LogP contribution < -0.4 is 0 Å². The highest BCUT2D eigenvalue weighted by molar-refractivity contribution is 7.80. The van der Waals surface area contributed by atoms with Crippen LogP contribution in [0.1, 0.15) is 79.1 Å². The van der Waals surface area contributed by atoms with E-state index in [1.165, 1.54) is 6.92 Å². The molecule has 9 nitrogen and oxygen atoms in total. The topological polar surface area (TPSA) is 165 Å². The van der Waals surface area contributed by atoms with Gasteiger partial charge in [-0.3, -0.25) is 4.55 Å². The van der Waals surface area contributed by atoms with Crippen LogP contribution in [0.3, 0.4) is 0 Å². The minimum atomic E-state index is -4.63. The summed E-state index contributed by atoms with van der Waals surface area (Å²) >= 11 is 0. The molecule has 4 rings (SSSR count). The first kappa shape index (κ1) is 29.4. The maximum Gasteiger partial charge on any atom is 0.397 e. The smallest absolute Gasteiger partial charge is 0.393 e. The summed E-state index contributed by atoms with van der Waals surface area (Å²) in [4.78, 5) is 0. The Kier molecular flexibility index (Phi) is 7.79. The van der Waals surface area contributed by atoms with E-state index in [0.717, 1.165) is 12.8 Å². The van der Waals surface area contributed by atoms with Gasteiger partial charge in [0.1, 0.15) is 0 Å².